The van der Waals surface area contributed by atoms with Gasteiger partial charge in [0, 0.05) is 12.5 Å². The first-order valence-electron chi connectivity index (χ1n) is 4.25. The number of amides is 1. The summed E-state index contributed by atoms with van der Waals surface area (Å²) in [5.41, 5.74) is 5.38. The number of carbonyl (C=O) groups is 2. The predicted octanol–water partition coefficient (Wildman–Crippen LogP) is -0.297. The highest BCUT2D eigenvalue weighted by molar-refractivity contribution is 5.83. The molecule has 1 unspecified atom stereocenters. The van der Waals surface area contributed by atoms with Crippen molar-refractivity contribution in [3.8, 4) is 0 Å². The summed E-state index contributed by atoms with van der Waals surface area (Å²) in [7, 11) is 0. The summed E-state index contributed by atoms with van der Waals surface area (Å²) in [6.07, 6.45) is 0.532. The highest BCUT2D eigenvalue weighted by Crippen LogP contribution is 1.93. The maximum Gasteiger partial charge on any atom is 0.326 e. The molecule has 0 spiro atoms. The monoisotopic (exact) mass is 188 g/mol. The van der Waals surface area contributed by atoms with Gasteiger partial charge in [-0.25, -0.2) is 4.79 Å². The van der Waals surface area contributed by atoms with Crippen molar-refractivity contribution in [1.82, 2.24) is 5.32 Å². The fourth-order valence-corrected chi connectivity index (χ4v) is 0.884. The summed E-state index contributed by atoms with van der Waals surface area (Å²) in [6.45, 7) is 3.40. The van der Waals surface area contributed by atoms with Crippen molar-refractivity contribution in [2.45, 2.75) is 38.8 Å². The van der Waals surface area contributed by atoms with Crippen molar-refractivity contribution < 1.29 is 14.7 Å². The molecule has 5 nitrogen and oxygen atoms in total. The lowest BCUT2D eigenvalue weighted by Gasteiger charge is -2.12. The largest absolute Gasteiger partial charge is 0.480 e. The minimum absolute atomic E-state index is 0.157. The van der Waals surface area contributed by atoms with Gasteiger partial charge in [0.15, 0.2) is 0 Å². The molecule has 0 aliphatic heterocycles. The molecule has 0 saturated heterocycles. The Morgan fingerprint density at radius 1 is 1.54 bits per heavy atom. The molecule has 5 heteroatoms. The number of carbonyl (C=O) groups excluding carboxylic acids is 1. The van der Waals surface area contributed by atoms with Crippen molar-refractivity contribution in [2.75, 3.05) is 0 Å². The number of nitrogens with two attached hydrogens (primary N) is 1. The lowest BCUT2D eigenvalue weighted by Crippen LogP contribution is -2.41. The Morgan fingerprint density at radius 3 is 2.38 bits per heavy atom. The van der Waals surface area contributed by atoms with Crippen LogP contribution >= 0.6 is 0 Å². The molecule has 0 fully saturated rings. The Hall–Kier alpha value is -1.10. The maximum atomic E-state index is 11.1. The summed E-state index contributed by atoms with van der Waals surface area (Å²) >= 11 is 0. The second kappa shape index (κ2) is 5.53. The van der Waals surface area contributed by atoms with Gasteiger partial charge >= 0.3 is 5.97 Å². The number of hydrogen-bond acceptors (Lipinski definition) is 3. The number of hydrogen-bond donors (Lipinski definition) is 3. The Morgan fingerprint density at radius 2 is 2.08 bits per heavy atom. The van der Waals surface area contributed by atoms with E-state index in [1.807, 2.05) is 0 Å². The maximum absolute atomic E-state index is 11.1. The highest BCUT2D eigenvalue weighted by atomic mass is 16.4. The SMILES string of the molecule is CC[C@H](NC(=O)CC(C)N)C(=O)O. The van der Waals surface area contributed by atoms with Crippen LogP contribution in [0.5, 0.6) is 0 Å². The summed E-state index contributed by atoms with van der Waals surface area (Å²) in [6, 6.07) is -1.04. The molecule has 0 aliphatic rings. The van der Waals surface area contributed by atoms with Gasteiger partial charge in [0.2, 0.25) is 5.91 Å². The molecule has 0 saturated carbocycles. The average Bonchev–Trinajstić information content (AvgIpc) is 1.98. The van der Waals surface area contributed by atoms with E-state index in [0.29, 0.717) is 6.42 Å². The second-order valence-electron chi connectivity index (χ2n) is 3.05. The van der Waals surface area contributed by atoms with Gasteiger partial charge in [0.1, 0.15) is 6.04 Å². The first kappa shape index (κ1) is 11.9. The zero-order valence-corrected chi connectivity index (χ0v) is 7.91. The van der Waals surface area contributed by atoms with Crippen LogP contribution in [0.2, 0.25) is 0 Å². The molecule has 0 rings (SSSR count). The molecular weight excluding hydrogens is 172 g/mol. The molecule has 0 aromatic rings. The third-order valence-corrected chi connectivity index (χ3v) is 1.55. The third kappa shape index (κ3) is 5.19. The van der Waals surface area contributed by atoms with E-state index in [9.17, 15) is 9.59 Å². The molecule has 2 atom stereocenters. The molecule has 4 N–H and O–H groups in total. The Balaban J connectivity index is 3.94. The molecule has 0 aromatic carbocycles. The molecule has 13 heavy (non-hydrogen) atoms. The zero-order valence-electron chi connectivity index (χ0n) is 7.91. The Kier molecular flexibility index (Phi) is 5.06. The van der Waals surface area contributed by atoms with Crippen LogP contribution in [0, 0.1) is 0 Å². The van der Waals surface area contributed by atoms with Crippen LogP contribution in [0.3, 0.4) is 0 Å². The minimum Gasteiger partial charge on any atom is -0.480 e. The summed E-state index contributed by atoms with van der Waals surface area (Å²) < 4.78 is 0. The molecule has 0 bridgehead atoms. The van der Waals surface area contributed by atoms with Crippen LogP contribution in [-0.2, 0) is 9.59 Å². The van der Waals surface area contributed by atoms with Gasteiger partial charge in [0.25, 0.3) is 0 Å². The van der Waals surface area contributed by atoms with Gasteiger partial charge in [-0.3, -0.25) is 4.79 Å². The number of rotatable bonds is 5. The first-order chi connectivity index (χ1) is 5.97. The number of carboxylic acid groups (broad SMARTS) is 1. The summed E-state index contributed by atoms with van der Waals surface area (Å²) in [4.78, 5) is 21.6. The first-order valence-corrected chi connectivity index (χ1v) is 4.25. The Bertz CT molecular complexity index is 192. The van der Waals surface area contributed by atoms with Crippen molar-refractivity contribution >= 4 is 11.9 Å². The minimum atomic E-state index is -1.01. The van der Waals surface area contributed by atoms with Gasteiger partial charge in [-0.15, -0.1) is 0 Å². The fourth-order valence-electron chi connectivity index (χ4n) is 0.884. The smallest absolute Gasteiger partial charge is 0.326 e. The van der Waals surface area contributed by atoms with Crippen molar-refractivity contribution in [1.29, 1.82) is 0 Å². The van der Waals surface area contributed by atoms with Crippen LogP contribution in [0.1, 0.15) is 26.7 Å². The predicted molar refractivity (Wildman–Crippen MR) is 48.1 cm³/mol. The lowest BCUT2D eigenvalue weighted by atomic mass is 10.2. The second-order valence-corrected chi connectivity index (χ2v) is 3.05. The molecule has 0 heterocycles. The van der Waals surface area contributed by atoms with E-state index in [2.05, 4.69) is 5.32 Å². The van der Waals surface area contributed by atoms with E-state index in [1.165, 1.54) is 0 Å². The average molecular weight is 188 g/mol. The van der Waals surface area contributed by atoms with Crippen molar-refractivity contribution in [2.24, 2.45) is 5.73 Å². The Labute approximate surface area is 77.3 Å². The van der Waals surface area contributed by atoms with Gasteiger partial charge in [-0.2, -0.15) is 0 Å². The molecule has 1 amide bonds. The molecule has 0 radical (unpaired) electrons. The fraction of sp³-hybridized carbons (Fsp3) is 0.750. The van der Waals surface area contributed by atoms with Crippen LogP contribution < -0.4 is 11.1 Å². The van der Waals surface area contributed by atoms with Crippen LogP contribution in [0.4, 0.5) is 0 Å². The normalized spacial score (nSPS) is 14.7. The molecule has 0 aromatic heterocycles. The lowest BCUT2D eigenvalue weighted by molar-refractivity contribution is -0.141. The van der Waals surface area contributed by atoms with Crippen LogP contribution in [0.25, 0.3) is 0 Å². The summed E-state index contributed by atoms with van der Waals surface area (Å²) in [5.74, 6) is -1.33. The number of aliphatic carboxylic acids is 1. The van der Waals surface area contributed by atoms with E-state index >= 15 is 0 Å². The quantitative estimate of drug-likeness (QED) is 0.552. The van der Waals surface area contributed by atoms with Gasteiger partial charge in [0.05, 0.1) is 0 Å². The van der Waals surface area contributed by atoms with Gasteiger partial charge < -0.3 is 16.2 Å². The van der Waals surface area contributed by atoms with E-state index in [4.69, 9.17) is 10.8 Å². The van der Waals surface area contributed by atoms with Crippen LogP contribution in [0.15, 0.2) is 0 Å². The molecule has 0 aliphatic carbocycles. The number of carboxylic acids is 1. The molecule has 76 valence electrons. The van der Waals surface area contributed by atoms with E-state index in [0.717, 1.165) is 0 Å². The van der Waals surface area contributed by atoms with E-state index < -0.39 is 12.0 Å². The topological polar surface area (TPSA) is 92.4 Å². The highest BCUT2D eigenvalue weighted by Gasteiger charge is 2.17. The summed E-state index contributed by atoms with van der Waals surface area (Å²) in [5, 5.41) is 11.0. The van der Waals surface area contributed by atoms with Crippen LogP contribution in [-0.4, -0.2) is 29.1 Å². The molecular formula is C8H16N2O3. The zero-order chi connectivity index (χ0) is 10.4. The number of nitrogens with one attached hydrogen (secondary N) is 1. The van der Waals surface area contributed by atoms with Gasteiger partial charge in [-0.1, -0.05) is 6.92 Å². The van der Waals surface area contributed by atoms with E-state index in [-0.39, 0.29) is 18.4 Å². The standard InChI is InChI=1S/C8H16N2O3/c1-3-6(8(12)13)10-7(11)4-5(2)9/h5-6H,3-4,9H2,1-2H3,(H,10,11)(H,12,13)/t5?,6-/m0/s1. The van der Waals surface area contributed by atoms with Crippen molar-refractivity contribution in [3.05, 3.63) is 0 Å². The van der Waals surface area contributed by atoms with Crippen molar-refractivity contribution in [3.63, 3.8) is 0 Å². The van der Waals surface area contributed by atoms with E-state index in [1.54, 1.807) is 13.8 Å². The third-order valence-electron chi connectivity index (χ3n) is 1.55. The van der Waals surface area contributed by atoms with Gasteiger partial charge in [-0.05, 0) is 13.3 Å².